The van der Waals surface area contributed by atoms with Crippen LogP contribution in [0.15, 0.2) is 10.6 Å². The Bertz CT molecular complexity index is 322. The third-order valence-electron chi connectivity index (χ3n) is 2.42. The van der Waals surface area contributed by atoms with E-state index < -0.39 is 10.0 Å². The van der Waals surface area contributed by atoms with Gasteiger partial charge >= 0.3 is 0 Å². The molecule has 3 nitrogen and oxygen atoms in total. The lowest BCUT2D eigenvalue weighted by molar-refractivity contribution is 0.478. The summed E-state index contributed by atoms with van der Waals surface area (Å²) in [5, 5.41) is -0.175. The molecule has 12 heavy (non-hydrogen) atoms. The Labute approximate surface area is 80.6 Å². The Balaban J connectivity index is 2.39. The summed E-state index contributed by atoms with van der Waals surface area (Å²) in [5.74, 6) is 0. The molecule has 2 bridgehead atoms. The van der Waals surface area contributed by atoms with E-state index in [1.54, 1.807) is 4.31 Å². The van der Waals surface area contributed by atoms with Gasteiger partial charge in [-0.05, 0) is 17.3 Å². The van der Waals surface area contributed by atoms with E-state index in [2.05, 4.69) is 15.9 Å². The van der Waals surface area contributed by atoms with Crippen LogP contribution in [0.1, 0.15) is 12.8 Å². The van der Waals surface area contributed by atoms with Crippen molar-refractivity contribution in [1.82, 2.24) is 4.31 Å². The highest BCUT2D eigenvalue weighted by atomic mass is 79.9. The van der Waals surface area contributed by atoms with Crippen molar-refractivity contribution in [3.63, 3.8) is 0 Å². The van der Waals surface area contributed by atoms with Crippen molar-refractivity contribution in [3.05, 3.63) is 10.6 Å². The first-order valence-corrected chi connectivity index (χ1v) is 6.24. The Morgan fingerprint density at radius 2 is 2.33 bits per heavy atom. The lowest BCUT2D eigenvalue weighted by Gasteiger charge is -2.10. The highest BCUT2D eigenvalue weighted by molar-refractivity contribution is 9.11. The van der Waals surface area contributed by atoms with Crippen molar-refractivity contribution in [2.24, 2.45) is 0 Å². The van der Waals surface area contributed by atoms with E-state index in [-0.39, 0.29) is 5.25 Å². The Morgan fingerprint density at radius 1 is 1.58 bits per heavy atom. The third kappa shape index (κ3) is 1.24. The van der Waals surface area contributed by atoms with Gasteiger partial charge in [0.2, 0.25) is 10.0 Å². The molecule has 0 aromatic rings. The predicted octanol–water partition coefficient (Wildman–Crippen LogP) is 1.07. The normalized spacial score (nSPS) is 38.9. The fourth-order valence-electron chi connectivity index (χ4n) is 1.68. The van der Waals surface area contributed by atoms with Gasteiger partial charge in [-0.3, -0.25) is 0 Å². The molecule has 2 atom stereocenters. The summed E-state index contributed by atoms with van der Waals surface area (Å²) in [6.45, 7) is 1.24. The Hall–Kier alpha value is 0.130. The third-order valence-corrected chi connectivity index (χ3v) is 5.36. The van der Waals surface area contributed by atoms with Gasteiger partial charge in [-0.2, -0.15) is 4.31 Å². The number of rotatable bonds is 0. The molecule has 1 saturated heterocycles. The van der Waals surface area contributed by atoms with E-state index in [4.69, 9.17) is 0 Å². The van der Waals surface area contributed by atoms with Crippen LogP contribution < -0.4 is 0 Å². The van der Waals surface area contributed by atoms with Crippen molar-refractivity contribution < 1.29 is 8.42 Å². The number of sulfonamides is 1. The Morgan fingerprint density at radius 3 is 3.08 bits per heavy atom. The number of hydrogen-bond acceptors (Lipinski definition) is 2. The van der Waals surface area contributed by atoms with Crippen LogP contribution in [0.5, 0.6) is 0 Å². The van der Waals surface area contributed by atoms with Crippen LogP contribution in [0.4, 0.5) is 0 Å². The summed E-state index contributed by atoms with van der Waals surface area (Å²) in [6, 6.07) is 0. The predicted molar refractivity (Wildman–Crippen MR) is 50.5 cm³/mol. The van der Waals surface area contributed by atoms with Crippen molar-refractivity contribution in [2.75, 3.05) is 13.1 Å². The molecule has 0 aromatic carbocycles. The standard InChI is InChI=1S/C7H10BrNO2S/c8-6-1-3-9-4-2-7(5-6)12(9,10)11/h1,7H,2-5H2. The lowest BCUT2D eigenvalue weighted by Crippen LogP contribution is -2.27. The summed E-state index contributed by atoms with van der Waals surface area (Å²) in [6.07, 6.45) is 3.38. The summed E-state index contributed by atoms with van der Waals surface area (Å²) < 4.78 is 25.8. The first kappa shape index (κ1) is 8.72. The first-order valence-electron chi connectivity index (χ1n) is 3.94. The van der Waals surface area contributed by atoms with E-state index in [0.717, 1.165) is 10.9 Å². The largest absolute Gasteiger partial charge is 0.217 e. The molecule has 0 aromatic heterocycles. The van der Waals surface area contributed by atoms with Gasteiger partial charge < -0.3 is 0 Å². The van der Waals surface area contributed by atoms with E-state index >= 15 is 0 Å². The molecule has 2 rings (SSSR count). The van der Waals surface area contributed by atoms with Gasteiger partial charge in [0.1, 0.15) is 0 Å². The average Bonchev–Trinajstić information content (AvgIpc) is 2.15. The van der Waals surface area contributed by atoms with Crippen molar-refractivity contribution in [3.8, 4) is 0 Å². The SMILES string of the molecule is O=S1(=O)C2CCN1CC=C(Br)C2. The quantitative estimate of drug-likeness (QED) is 0.646. The van der Waals surface area contributed by atoms with Crippen LogP contribution in [-0.2, 0) is 10.0 Å². The zero-order valence-corrected chi connectivity index (χ0v) is 8.94. The molecule has 2 heterocycles. The molecule has 0 aliphatic carbocycles. The molecule has 5 heteroatoms. The molecule has 0 spiro atoms. The minimum Gasteiger partial charge on any atom is -0.212 e. The fraction of sp³-hybridized carbons (Fsp3) is 0.714. The zero-order chi connectivity index (χ0) is 8.77. The second kappa shape index (κ2) is 2.82. The molecule has 0 saturated carbocycles. The molecular formula is C7H10BrNO2S. The number of fused-ring (bicyclic) bond motifs is 2. The highest BCUT2D eigenvalue weighted by Crippen LogP contribution is 2.31. The number of nitrogens with zero attached hydrogens (tertiary/aromatic N) is 1. The molecule has 0 amide bonds. The maximum absolute atomic E-state index is 11.6. The molecule has 0 radical (unpaired) electrons. The summed E-state index contributed by atoms with van der Waals surface area (Å²) in [5.41, 5.74) is 0. The van der Waals surface area contributed by atoms with Crippen LogP contribution in [0.2, 0.25) is 0 Å². The highest BCUT2D eigenvalue weighted by Gasteiger charge is 2.39. The first-order chi connectivity index (χ1) is 5.60. The smallest absolute Gasteiger partial charge is 0.212 e. The molecule has 2 aliphatic rings. The molecule has 0 N–H and O–H groups in total. The zero-order valence-electron chi connectivity index (χ0n) is 6.53. The monoisotopic (exact) mass is 251 g/mol. The second-order valence-electron chi connectivity index (χ2n) is 3.17. The van der Waals surface area contributed by atoms with Gasteiger partial charge in [0, 0.05) is 13.1 Å². The van der Waals surface area contributed by atoms with Gasteiger partial charge in [0.25, 0.3) is 0 Å². The van der Waals surface area contributed by atoms with Crippen LogP contribution in [0, 0.1) is 0 Å². The maximum Gasteiger partial charge on any atom is 0.217 e. The van der Waals surface area contributed by atoms with Crippen LogP contribution in [0.25, 0.3) is 0 Å². The van der Waals surface area contributed by atoms with Gasteiger partial charge in [0.15, 0.2) is 0 Å². The van der Waals surface area contributed by atoms with Crippen LogP contribution >= 0.6 is 15.9 Å². The van der Waals surface area contributed by atoms with Crippen molar-refractivity contribution in [2.45, 2.75) is 18.1 Å². The van der Waals surface area contributed by atoms with E-state index in [1.807, 2.05) is 6.08 Å². The van der Waals surface area contributed by atoms with Crippen LogP contribution in [-0.4, -0.2) is 31.1 Å². The topological polar surface area (TPSA) is 37.4 Å². The lowest BCUT2D eigenvalue weighted by atomic mass is 10.2. The average molecular weight is 252 g/mol. The van der Waals surface area contributed by atoms with E-state index in [0.29, 0.717) is 19.5 Å². The maximum atomic E-state index is 11.6. The minimum absolute atomic E-state index is 0.175. The molecule has 1 fully saturated rings. The summed E-state index contributed by atoms with van der Waals surface area (Å²) in [7, 11) is -2.95. The van der Waals surface area contributed by atoms with Crippen molar-refractivity contribution >= 4 is 26.0 Å². The number of hydrogen-bond donors (Lipinski definition) is 0. The number of allylic oxidation sites excluding steroid dienone is 1. The molecule has 2 unspecified atom stereocenters. The molecule has 2 aliphatic heterocycles. The fourth-order valence-corrected chi connectivity index (χ4v) is 4.29. The molecular weight excluding hydrogens is 242 g/mol. The minimum atomic E-state index is -2.95. The van der Waals surface area contributed by atoms with Gasteiger partial charge in [-0.1, -0.05) is 22.0 Å². The second-order valence-corrected chi connectivity index (χ2v) is 6.40. The summed E-state index contributed by atoms with van der Waals surface area (Å²) >= 11 is 3.36. The van der Waals surface area contributed by atoms with E-state index in [9.17, 15) is 8.42 Å². The van der Waals surface area contributed by atoms with Crippen LogP contribution in [0.3, 0.4) is 0 Å². The molecule has 68 valence electrons. The van der Waals surface area contributed by atoms with Gasteiger partial charge in [0.05, 0.1) is 5.25 Å². The van der Waals surface area contributed by atoms with E-state index in [1.165, 1.54) is 0 Å². The summed E-state index contributed by atoms with van der Waals surface area (Å²) in [4.78, 5) is 0. The van der Waals surface area contributed by atoms with Gasteiger partial charge in [-0.25, -0.2) is 8.42 Å². The number of halogens is 1. The van der Waals surface area contributed by atoms with Crippen molar-refractivity contribution in [1.29, 1.82) is 0 Å². The van der Waals surface area contributed by atoms with Gasteiger partial charge in [-0.15, -0.1) is 0 Å². The Kier molecular flexibility index (Phi) is 2.05.